The molecule has 0 aromatic carbocycles. The largest absolute Gasteiger partial charge is 0.353 e. The Balaban J connectivity index is 2.19. The fraction of sp³-hybridized carbons (Fsp3) is 1.00. The Morgan fingerprint density at radius 2 is 1.80 bits per heavy atom. The maximum Gasteiger partial charge on any atom is 0.147 e. The summed E-state index contributed by atoms with van der Waals surface area (Å²) >= 11 is 0. The number of hydrogen-bond donors (Lipinski definition) is 0. The van der Waals surface area contributed by atoms with Crippen LogP contribution in [0.15, 0.2) is 0 Å². The van der Waals surface area contributed by atoms with Gasteiger partial charge in [-0.3, -0.25) is 0 Å². The SMILES string of the molecule is CCCCN(CCCC)CC1COCO1. The Kier molecular flexibility index (Phi) is 6.98. The van der Waals surface area contributed by atoms with Gasteiger partial charge in [0.15, 0.2) is 0 Å². The smallest absolute Gasteiger partial charge is 0.147 e. The molecule has 0 radical (unpaired) electrons. The van der Waals surface area contributed by atoms with E-state index in [9.17, 15) is 0 Å². The summed E-state index contributed by atoms with van der Waals surface area (Å²) < 4.78 is 10.7. The Morgan fingerprint density at radius 3 is 2.27 bits per heavy atom. The first-order valence-electron chi connectivity index (χ1n) is 6.28. The van der Waals surface area contributed by atoms with E-state index in [0.29, 0.717) is 12.9 Å². The molecule has 0 spiro atoms. The minimum absolute atomic E-state index is 0.304. The molecular weight excluding hydrogens is 190 g/mol. The lowest BCUT2D eigenvalue weighted by Gasteiger charge is -2.24. The van der Waals surface area contributed by atoms with Crippen LogP contribution in [0.25, 0.3) is 0 Å². The first kappa shape index (κ1) is 12.9. The van der Waals surface area contributed by atoms with E-state index in [1.54, 1.807) is 0 Å². The molecule has 0 N–H and O–H groups in total. The molecule has 1 aliphatic rings. The van der Waals surface area contributed by atoms with Crippen LogP contribution in [0.5, 0.6) is 0 Å². The average molecular weight is 215 g/mol. The molecule has 1 saturated heterocycles. The first-order valence-corrected chi connectivity index (χ1v) is 6.28. The summed E-state index contributed by atoms with van der Waals surface area (Å²) in [5, 5.41) is 0. The van der Waals surface area contributed by atoms with Gasteiger partial charge in [0, 0.05) is 6.54 Å². The molecule has 1 unspecified atom stereocenters. The van der Waals surface area contributed by atoms with Crippen molar-refractivity contribution in [3.8, 4) is 0 Å². The third-order valence-corrected chi connectivity index (χ3v) is 2.81. The summed E-state index contributed by atoms with van der Waals surface area (Å²) in [6, 6.07) is 0. The molecule has 15 heavy (non-hydrogen) atoms. The minimum Gasteiger partial charge on any atom is -0.353 e. The van der Waals surface area contributed by atoms with E-state index in [-0.39, 0.29) is 0 Å². The molecule has 0 aromatic heterocycles. The number of nitrogens with zero attached hydrogens (tertiary/aromatic N) is 1. The van der Waals surface area contributed by atoms with Crippen molar-refractivity contribution in [3.63, 3.8) is 0 Å². The second-order valence-electron chi connectivity index (χ2n) is 4.29. The number of ether oxygens (including phenoxy) is 2. The number of unbranched alkanes of at least 4 members (excludes halogenated alkanes) is 2. The molecule has 90 valence electrons. The highest BCUT2D eigenvalue weighted by molar-refractivity contribution is 4.67. The quantitative estimate of drug-likeness (QED) is 0.620. The van der Waals surface area contributed by atoms with Crippen molar-refractivity contribution in [2.45, 2.75) is 45.6 Å². The van der Waals surface area contributed by atoms with E-state index < -0.39 is 0 Å². The summed E-state index contributed by atoms with van der Waals surface area (Å²) in [5.41, 5.74) is 0. The molecule has 3 nitrogen and oxygen atoms in total. The normalized spacial score (nSPS) is 21.4. The van der Waals surface area contributed by atoms with Gasteiger partial charge in [0.1, 0.15) is 6.79 Å². The standard InChI is InChI=1S/C12H25NO2/c1-3-5-7-13(8-6-4-2)9-12-10-14-11-15-12/h12H,3-11H2,1-2H3. The van der Waals surface area contributed by atoms with Crippen LogP contribution in [0.1, 0.15) is 39.5 Å². The fourth-order valence-corrected chi connectivity index (χ4v) is 1.82. The van der Waals surface area contributed by atoms with Crippen molar-refractivity contribution < 1.29 is 9.47 Å². The first-order chi connectivity index (χ1) is 7.36. The Morgan fingerprint density at radius 1 is 1.13 bits per heavy atom. The van der Waals surface area contributed by atoms with Crippen molar-refractivity contribution in [3.05, 3.63) is 0 Å². The summed E-state index contributed by atoms with van der Waals surface area (Å²) in [6.07, 6.45) is 5.42. The van der Waals surface area contributed by atoms with Gasteiger partial charge in [-0.2, -0.15) is 0 Å². The van der Waals surface area contributed by atoms with E-state index in [0.717, 1.165) is 13.2 Å². The Labute approximate surface area is 93.7 Å². The van der Waals surface area contributed by atoms with Gasteiger partial charge in [-0.15, -0.1) is 0 Å². The van der Waals surface area contributed by atoms with Crippen LogP contribution < -0.4 is 0 Å². The van der Waals surface area contributed by atoms with E-state index >= 15 is 0 Å². The molecule has 0 amide bonds. The highest BCUT2D eigenvalue weighted by Gasteiger charge is 2.18. The zero-order valence-electron chi connectivity index (χ0n) is 10.2. The van der Waals surface area contributed by atoms with Gasteiger partial charge in [0.05, 0.1) is 12.7 Å². The van der Waals surface area contributed by atoms with Crippen LogP contribution in [-0.2, 0) is 9.47 Å². The van der Waals surface area contributed by atoms with Crippen LogP contribution in [0.3, 0.4) is 0 Å². The Hall–Kier alpha value is -0.120. The van der Waals surface area contributed by atoms with Crippen molar-refractivity contribution in [2.75, 3.05) is 33.0 Å². The van der Waals surface area contributed by atoms with Gasteiger partial charge < -0.3 is 14.4 Å². The lowest BCUT2D eigenvalue weighted by molar-refractivity contribution is 0.0345. The zero-order valence-corrected chi connectivity index (χ0v) is 10.2. The lowest BCUT2D eigenvalue weighted by atomic mass is 10.2. The summed E-state index contributed by atoms with van der Waals surface area (Å²) in [4.78, 5) is 2.52. The van der Waals surface area contributed by atoms with Crippen molar-refractivity contribution in [1.82, 2.24) is 4.90 Å². The van der Waals surface area contributed by atoms with E-state index in [2.05, 4.69) is 18.7 Å². The van der Waals surface area contributed by atoms with Crippen LogP contribution >= 0.6 is 0 Å². The van der Waals surface area contributed by atoms with Gasteiger partial charge in [-0.05, 0) is 25.9 Å². The summed E-state index contributed by atoms with van der Waals surface area (Å²) in [5.74, 6) is 0. The van der Waals surface area contributed by atoms with Gasteiger partial charge in [-0.1, -0.05) is 26.7 Å². The number of rotatable bonds is 8. The van der Waals surface area contributed by atoms with Crippen LogP contribution in [0, 0.1) is 0 Å². The van der Waals surface area contributed by atoms with Crippen LogP contribution in [-0.4, -0.2) is 44.0 Å². The molecule has 0 aliphatic carbocycles. The molecule has 1 rings (SSSR count). The molecule has 3 heteroatoms. The summed E-state index contributed by atoms with van der Waals surface area (Å²) in [7, 11) is 0. The fourth-order valence-electron chi connectivity index (χ4n) is 1.82. The second kappa shape index (κ2) is 8.08. The monoisotopic (exact) mass is 215 g/mol. The van der Waals surface area contributed by atoms with Crippen molar-refractivity contribution in [2.24, 2.45) is 0 Å². The molecule has 1 aliphatic heterocycles. The van der Waals surface area contributed by atoms with Crippen LogP contribution in [0.2, 0.25) is 0 Å². The molecule has 0 saturated carbocycles. The van der Waals surface area contributed by atoms with Crippen molar-refractivity contribution >= 4 is 0 Å². The predicted octanol–water partition coefficient (Wildman–Crippen LogP) is 2.26. The topological polar surface area (TPSA) is 21.7 Å². The number of hydrogen-bond acceptors (Lipinski definition) is 3. The molecule has 0 aromatic rings. The second-order valence-corrected chi connectivity index (χ2v) is 4.29. The van der Waals surface area contributed by atoms with Crippen LogP contribution in [0.4, 0.5) is 0 Å². The average Bonchev–Trinajstić information content (AvgIpc) is 2.74. The third kappa shape index (κ3) is 5.50. The summed E-state index contributed by atoms with van der Waals surface area (Å²) in [6.45, 7) is 9.20. The molecule has 0 bridgehead atoms. The van der Waals surface area contributed by atoms with Gasteiger partial charge >= 0.3 is 0 Å². The highest BCUT2D eigenvalue weighted by Crippen LogP contribution is 2.07. The zero-order chi connectivity index (χ0) is 10.9. The molecular formula is C12H25NO2. The Bertz CT molecular complexity index is 139. The molecule has 1 atom stereocenters. The maximum absolute atomic E-state index is 5.48. The predicted molar refractivity (Wildman–Crippen MR) is 61.9 cm³/mol. The van der Waals surface area contributed by atoms with Crippen molar-refractivity contribution in [1.29, 1.82) is 0 Å². The molecule has 1 fully saturated rings. The highest BCUT2D eigenvalue weighted by atomic mass is 16.7. The lowest BCUT2D eigenvalue weighted by Crippen LogP contribution is -2.35. The molecule has 1 heterocycles. The van der Waals surface area contributed by atoms with E-state index in [1.165, 1.54) is 38.8 Å². The van der Waals surface area contributed by atoms with E-state index in [4.69, 9.17) is 9.47 Å². The third-order valence-electron chi connectivity index (χ3n) is 2.81. The van der Waals surface area contributed by atoms with Gasteiger partial charge in [0.25, 0.3) is 0 Å². The van der Waals surface area contributed by atoms with E-state index in [1.807, 2.05) is 0 Å². The van der Waals surface area contributed by atoms with Gasteiger partial charge in [0.2, 0.25) is 0 Å². The minimum atomic E-state index is 0.304. The maximum atomic E-state index is 5.48. The van der Waals surface area contributed by atoms with Gasteiger partial charge in [-0.25, -0.2) is 0 Å².